The minimum Gasteiger partial charge on any atom is -0.496 e. The molecule has 0 spiro atoms. The highest BCUT2D eigenvalue weighted by molar-refractivity contribution is 6.35. The lowest BCUT2D eigenvalue weighted by molar-refractivity contribution is -0.139. The number of hydrogen-bond acceptors (Lipinski definition) is 6. The molecule has 1 aliphatic rings. The zero-order valence-electron chi connectivity index (χ0n) is 20.3. The van der Waals surface area contributed by atoms with E-state index in [9.17, 15) is 14.0 Å². The van der Waals surface area contributed by atoms with Crippen molar-refractivity contribution in [2.75, 3.05) is 51.3 Å². The molecule has 9 heteroatoms. The van der Waals surface area contributed by atoms with Gasteiger partial charge in [0.25, 0.3) is 0 Å². The van der Waals surface area contributed by atoms with Crippen molar-refractivity contribution in [1.29, 1.82) is 0 Å². The molecule has 0 aliphatic carbocycles. The minimum absolute atomic E-state index is 0.214. The minimum atomic E-state index is -0.698. The normalized spacial score (nSPS) is 14.8. The van der Waals surface area contributed by atoms with Gasteiger partial charge < -0.3 is 24.7 Å². The second kappa shape index (κ2) is 12.2. The number of nitrogens with zero attached hydrogens (tertiary/aromatic N) is 2. The van der Waals surface area contributed by atoms with E-state index in [0.29, 0.717) is 50.6 Å². The largest absolute Gasteiger partial charge is 0.496 e. The molecule has 1 aliphatic heterocycles. The van der Waals surface area contributed by atoms with Crippen LogP contribution in [-0.4, -0.2) is 63.1 Å². The maximum Gasteiger partial charge on any atom is 0.309 e. The lowest BCUT2D eigenvalue weighted by Gasteiger charge is -2.39. The molecular weight excluding hydrogens is 463 g/mol. The summed E-state index contributed by atoms with van der Waals surface area (Å²) in [5.74, 6) is -0.180. The summed E-state index contributed by atoms with van der Waals surface area (Å²) in [5.41, 5.74) is 1.54. The fourth-order valence-electron chi connectivity index (χ4n) is 4.44. The smallest absolute Gasteiger partial charge is 0.309 e. The number of halogens is 1. The summed E-state index contributed by atoms with van der Waals surface area (Å²) in [7, 11) is 1.60. The van der Waals surface area contributed by atoms with Crippen LogP contribution in [0.1, 0.15) is 17.4 Å². The van der Waals surface area contributed by atoms with Crippen molar-refractivity contribution >= 4 is 17.5 Å². The highest BCUT2D eigenvalue weighted by Crippen LogP contribution is 2.25. The van der Waals surface area contributed by atoms with E-state index in [4.69, 9.17) is 9.15 Å². The molecule has 0 radical (unpaired) electrons. The second-order valence-electron chi connectivity index (χ2n) is 8.53. The van der Waals surface area contributed by atoms with Gasteiger partial charge in [-0.25, -0.2) is 4.39 Å². The maximum atomic E-state index is 14.2. The highest BCUT2D eigenvalue weighted by Gasteiger charge is 2.28. The monoisotopic (exact) mass is 494 g/mol. The van der Waals surface area contributed by atoms with Gasteiger partial charge in [0.15, 0.2) is 0 Å². The fourth-order valence-corrected chi connectivity index (χ4v) is 4.44. The van der Waals surface area contributed by atoms with Crippen molar-refractivity contribution < 1.29 is 23.1 Å². The molecule has 2 N–H and O–H groups in total. The molecule has 1 fully saturated rings. The van der Waals surface area contributed by atoms with Crippen LogP contribution in [0.4, 0.5) is 10.1 Å². The number of piperazine rings is 1. The molecule has 4 rings (SSSR count). The number of para-hydroxylation sites is 2. The average Bonchev–Trinajstić information content (AvgIpc) is 3.44. The molecule has 2 aromatic carbocycles. The molecule has 8 nitrogen and oxygen atoms in total. The first-order valence-electron chi connectivity index (χ1n) is 12.0. The molecule has 1 atom stereocenters. The number of amides is 2. The molecule has 1 aromatic heterocycles. The van der Waals surface area contributed by atoms with E-state index in [1.807, 2.05) is 41.3 Å². The number of carbonyl (C=O) groups excluding carboxylic acids is 2. The van der Waals surface area contributed by atoms with Crippen LogP contribution in [0.25, 0.3) is 0 Å². The molecule has 2 heterocycles. The molecule has 1 saturated heterocycles. The molecule has 0 saturated carbocycles. The fraction of sp³-hybridized carbons (Fsp3) is 0.333. The van der Waals surface area contributed by atoms with E-state index in [-0.39, 0.29) is 18.4 Å². The third-order valence-corrected chi connectivity index (χ3v) is 6.35. The Labute approximate surface area is 210 Å². The molecule has 190 valence electrons. The number of carbonyl (C=O) groups is 2. The Kier molecular flexibility index (Phi) is 8.57. The summed E-state index contributed by atoms with van der Waals surface area (Å²) < 4.78 is 25.1. The van der Waals surface area contributed by atoms with E-state index in [0.717, 1.165) is 11.3 Å². The number of ether oxygens (including phenoxy) is 1. The Morgan fingerprint density at radius 2 is 1.69 bits per heavy atom. The number of hydrogen-bond donors (Lipinski definition) is 2. The molecule has 36 heavy (non-hydrogen) atoms. The molecule has 2 amide bonds. The molecule has 0 unspecified atom stereocenters. The van der Waals surface area contributed by atoms with Crippen LogP contribution in [0.15, 0.2) is 71.3 Å². The van der Waals surface area contributed by atoms with E-state index in [2.05, 4.69) is 15.5 Å². The standard InChI is InChI=1S/C27H31FN4O4/c1-35-24-10-5-2-7-20(24)12-13-29-26(33)27(34)30-19-23(25-11-6-18-36-25)32-16-14-31(15-17-32)22-9-4-3-8-21(22)28/h2-11,18,23H,12-17,19H2,1H3,(H,29,33)(H,30,34)/t23-/m0/s1. The number of nitrogens with one attached hydrogen (secondary N) is 2. The van der Waals surface area contributed by atoms with Crippen LogP contribution < -0.4 is 20.3 Å². The van der Waals surface area contributed by atoms with Gasteiger partial charge in [-0.05, 0) is 42.3 Å². The first-order valence-corrected chi connectivity index (χ1v) is 12.0. The first-order chi connectivity index (χ1) is 17.6. The van der Waals surface area contributed by atoms with Gasteiger partial charge in [0.1, 0.15) is 17.3 Å². The summed E-state index contributed by atoms with van der Waals surface area (Å²) in [6.45, 7) is 3.10. The summed E-state index contributed by atoms with van der Waals surface area (Å²) in [6, 6.07) is 17.7. The van der Waals surface area contributed by atoms with Crippen LogP contribution in [0.2, 0.25) is 0 Å². The van der Waals surface area contributed by atoms with Crippen molar-refractivity contribution in [3.63, 3.8) is 0 Å². The van der Waals surface area contributed by atoms with Crippen molar-refractivity contribution in [2.24, 2.45) is 0 Å². The molecular formula is C27H31FN4O4. The first kappa shape index (κ1) is 25.2. The predicted molar refractivity (Wildman–Crippen MR) is 134 cm³/mol. The maximum absolute atomic E-state index is 14.2. The van der Waals surface area contributed by atoms with E-state index < -0.39 is 11.8 Å². The lowest BCUT2D eigenvalue weighted by Crippen LogP contribution is -2.51. The number of furan rings is 1. The third-order valence-electron chi connectivity index (χ3n) is 6.35. The summed E-state index contributed by atoms with van der Waals surface area (Å²) in [6.07, 6.45) is 2.13. The quantitative estimate of drug-likeness (QED) is 0.445. The van der Waals surface area contributed by atoms with Gasteiger partial charge in [-0.15, -0.1) is 0 Å². The van der Waals surface area contributed by atoms with Gasteiger partial charge in [-0.3, -0.25) is 14.5 Å². The van der Waals surface area contributed by atoms with Gasteiger partial charge in [0.2, 0.25) is 0 Å². The number of anilines is 1. The summed E-state index contributed by atoms with van der Waals surface area (Å²) in [4.78, 5) is 29.0. The Bertz CT molecular complexity index is 1150. The lowest BCUT2D eigenvalue weighted by atomic mass is 10.1. The molecule has 0 bridgehead atoms. The Hall–Kier alpha value is -3.85. The predicted octanol–water partition coefficient (Wildman–Crippen LogP) is 2.77. The van der Waals surface area contributed by atoms with Crippen LogP contribution in [0.3, 0.4) is 0 Å². The van der Waals surface area contributed by atoms with Gasteiger partial charge in [-0.2, -0.15) is 0 Å². The summed E-state index contributed by atoms with van der Waals surface area (Å²) >= 11 is 0. The highest BCUT2D eigenvalue weighted by atomic mass is 19.1. The van der Waals surface area contributed by atoms with Crippen molar-refractivity contribution in [1.82, 2.24) is 15.5 Å². The van der Waals surface area contributed by atoms with Crippen LogP contribution in [-0.2, 0) is 16.0 Å². The van der Waals surface area contributed by atoms with E-state index in [1.54, 1.807) is 31.6 Å². The number of benzene rings is 2. The van der Waals surface area contributed by atoms with Crippen molar-refractivity contribution in [3.05, 3.63) is 84.1 Å². The van der Waals surface area contributed by atoms with Gasteiger partial charge in [-0.1, -0.05) is 30.3 Å². The SMILES string of the molecule is COc1ccccc1CCNC(=O)C(=O)NC[C@@H](c1ccco1)N1CCN(c2ccccc2F)CC1. The Balaban J connectivity index is 1.29. The average molecular weight is 495 g/mol. The van der Waals surface area contributed by atoms with Crippen LogP contribution in [0, 0.1) is 5.82 Å². The van der Waals surface area contributed by atoms with Gasteiger partial charge in [0.05, 0.1) is 25.1 Å². The topological polar surface area (TPSA) is 87.0 Å². The summed E-state index contributed by atoms with van der Waals surface area (Å²) in [5, 5.41) is 5.40. The van der Waals surface area contributed by atoms with Gasteiger partial charge >= 0.3 is 11.8 Å². The third kappa shape index (κ3) is 6.23. The van der Waals surface area contributed by atoms with Gasteiger partial charge in [0, 0.05) is 39.3 Å². The zero-order chi connectivity index (χ0) is 25.3. The molecule has 3 aromatic rings. The number of rotatable bonds is 9. The number of methoxy groups -OCH3 is 1. The van der Waals surface area contributed by atoms with Crippen molar-refractivity contribution in [2.45, 2.75) is 12.5 Å². The van der Waals surface area contributed by atoms with Crippen LogP contribution in [0.5, 0.6) is 5.75 Å². The Morgan fingerprint density at radius 3 is 2.42 bits per heavy atom. The van der Waals surface area contributed by atoms with Crippen LogP contribution >= 0.6 is 0 Å². The second-order valence-corrected chi connectivity index (χ2v) is 8.53. The Morgan fingerprint density at radius 1 is 0.972 bits per heavy atom. The van der Waals surface area contributed by atoms with Crippen molar-refractivity contribution in [3.8, 4) is 5.75 Å². The van der Waals surface area contributed by atoms with E-state index in [1.165, 1.54) is 6.07 Å². The van der Waals surface area contributed by atoms with E-state index >= 15 is 0 Å². The zero-order valence-corrected chi connectivity index (χ0v) is 20.3.